The fourth-order valence-electron chi connectivity index (χ4n) is 1.62. The normalized spacial score (nSPS) is 10.2. The van der Waals surface area contributed by atoms with Crippen LogP contribution in [0.2, 0.25) is 0 Å². The summed E-state index contributed by atoms with van der Waals surface area (Å²) in [6.07, 6.45) is 5.46. The van der Waals surface area contributed by atoms with Crippen LogP contribution in [0.15, 0.2) is 42.9 Å². The molecule has 17 heavy (non-hydrogen) atoms. The summed E-state index contributed by atoms with van der Waals surface area (Å²) in [5.74, 6) is 0. The summed E-state index contributed by atoms with van der Waals surface area (Å²) in [7, 11) is 2.04. The van der Waals surface area contributed by atoms with Crippen LogP contribution in [0.4, 0.5) is 5.69 Å². The molecule has 2 aromatic heterocycles. The van der Waals surface area contributed by atoms with Crippen molar-refractivity contribution >= 4 is 5.69 Å². The second kappa shape index (κ2) is 5.41. The molecule has 2 heterocycles. The van der Waals surface area contributed by atoms with Crippen molar-refractivity contribution in [3.63, 3.8) is 0 Å². The van der Waals surface area contributed by atoms with E-state index in [0.29, 0.717) is 6.54 Å². The van der Waals surface area contributed by atoms with Gasteiger partial charge < -0.3 is 10.6 Å². The number of anilines is 1. The van der Waals surface area contributed by atoms with Crippen LogP contribution in [0.25, 0.3) is 0 Å². The van der Waals surface area contributed by atoms with Gasteiger partial charge >= 0.3 is 0 Å². The van der Waals surface area contributed by atoms with Gasteiger partial charge in [-0.1, -0.05) is 0 Å². The molecule has 2 rings (SSSR count). The minimum Gasteiger partial charge on any atom is -0.369 e. The van der Waals surface area contributed by atoms with E-state index in [1.807, 2.05) is 37.5 Å². The molecule has 0 saturated carbocycles. The molecule has 0 aliphatic carbocycles. The Morgan fingerprint density at radius 1 is 1.18 bits per heavy atom. The molecule has 0 bridgehead atoms. The van der Waals surface area contributed by atoms with Gasteiger partial charge in [-0.15, -0.1) is 0 Å². The first-order chi connectivity index (χ1) is 8.29. The van der Waals surface area contributed by atoms with Gasteiger partial charge in [0, 0.05) is 32.5 Å². The highest BCUT2D eigenvalue weighted by Crippen LogP contribution is 2.14. The molecule has 0 spiro atoms. The van der Waals surface area contributed by atoms with E-state index in [0.717, 1.165) is 17.9 Å². The van der Waals surface area contributed by atoms with E-state index in [9.17, 15) is 0 Å². The zero-order valence-electron chi connectivity index (χ0n) is 9.87. The molecule has 0 saturated heterocycles. The average molecular weight is 228 g/mol. The van der Waals surface area contributed by atoms with Crippen LogP contribution in [0.5, 0.6) is 0 Å². The number of rotatable bonds is 4. The van der Waals surface area contributed by atoms with E-state index in [-0.39, 0.29) is 0 Å². The first-order valence-electron chi connectivity index (χ1n) is 5.54. The molecule has 4 heteroatoms. The van der Waals surface area contributed by atoms with Crippen LogP contribution in [-0.2, 0) is 13.1 Å². The summed E-state index contributed by atoms with van der Waals surface area (Å²) >= 11 is 0. The predicted molar refractivity (Wildman–Crippen MR) is 68.5 cm³/mol. The van der Waals surface area contributed by atoms with Crippen LogP contribution in [0.3, 0.4) is 0 Å². The zero-order valence-corrected chi connectivity index (χ0v) is 9.87. The molecular weight excluding hydrogens is 212 g/mol. The Balaban J connectivity index is 2.06. The predicted octanol–water partition coefficient (Wildman–Crippen LogP) is 1.57. The molecule has 0 aliphatic rings. The Labute approximate surface area is 101 Å². The Hall–Kier alpha value is -1.94. The molecule has 0 fully saturated rings. The Morgan fingerprint density at radius 2 is 1.94 bits per heavy atom. The highest BCUT2D eigenvalue weighted by Gasteiger charge is 2.02. The molecule has 4 nitrogen and oxygen atoms in total. The molecule has 0 radical (unpaired) electrons. The summed E-state index contributed by atoms with van der Waals surface area (Å²) in [5.41, 5.74) is 8.73. The van der Waals surface area contributed by atoms with Gasteiger partial charge in [0.1, 0.15) is 0 Å². The third-order valence-corrected chi connectivity index (χ3v) is 2.63. The molecule has 0 aliphatic heterocycles. The highest BCUT2D eigenvalue weighted by atomic mass is 15.1. The molecular formula is C13H16N4. The fourth-order valence-corrected chi connectivity index (χ4v) is 1.62. The summed E-state index contributed by atoms with van der Waals surface area (Å²) in [6, 6.07) is 8.02. The van der Waals surface area contributed by atoms with Crippen molar-refractivity contribution in [1.82, 2.24) is 9.97 Å². The SMILES string of the molecule is CN(Cc1ccncc1)c1ccc(CN)nc1. The van der Waals surface area contributed by atoms with E-state index >= 15 is 0 Å². The summed E-state index contributed by atoms with van der Waals surface area (Å²) in [6.45, 7) is 1.32. The Kier molecular flexibility index (Phi) is 3.67. The molecule has 2 aromatic rings. The maximum absolute atomic E-state index is 5.52. The lowest BCUT2D eigenvalue weighted by atomic mass is 10.2. The van der Waals surface area contributed by atoms with Crippen LogP contribution in [-0.4, -0.2) is 17.0 Å². The molecule has 0 amide bonds. The first kappa shape index (κ1) is 11.5. The van der Waals surface area contributed by atoms with Crippen LogP contribution < -0.4 is 10.6 Å². The van der Waals surface area contributed by atoms with Crippen LogP contribution >= 0.6 is 0 Å². The van der Waals surface area contributed by atoms with Gasteiger partial charge in [-0.2, -0.15) is 0 Å². The smallest absolute Gasteiger partial charge is 0.0553 e. The summed E-state index contributed by atoms with van der Waals surface area (Å²) in [5, 5.41) is 0. The summed E-state index contributed by atoms with van der Waals surface area (Å²) < 4.78 is 0. The van der Waals surface area contributed by atoms with Gasteiger partial charge in [0.15, 0.2) is 0 Å². The van der Waals surface area contributed by atoms with Gasteiger partial charge in [-0.3, -0.25) is 9.97 Å². The average Bonchev–Trinajstić information content (AvgIpc) is 2.40. The van der Waals surface area contributed by atoms with Crippen molar-refractivity contribution < 1.29 is 0 Å². The van der Waals surface area contributed by atoms with Crippen LogP contribution in [0.1, 0.15) is 11.3 Å². The molecule has 0 unspecified atom stereocenters. The van der Waals surface area contributed by atoms with E-state index in [2.05, 4.69) is 14.9 Å². The van der Waals surface area contributed by atoms with Gasteiger partial charge in [-0.05, 0) is 29.8 Å². The van der Waals surface area contributed by atoms with Crippen molar-refractivity contribution in [2.75, 3.05) is 11.9 Å². The number of nitrogens with zero attached hydrogens (tertiary/aromatic N) is 3. The van der Waals surface area contributed by atoms with Gasteiger partial charge in [0.05, 0.1) is 17.6 Å². The number of aromatic nitrogens is 2. The van der Waals surface area contributed by atoms with Gasteiger partial charge in [0.2, 0.25) is 0 Å². The first-order valence-corrected chi connectivity index (χ1v) is 5.54. The second-order valence-corrected chi connectivity index (χ2v) is 3.92. The highest BCUT2D eigenvalue weighted by molar-refractivity contribution is 5.44. The minimum absolute atomic E-state index is 0.481. The van der Waals surface area contributed by atoms with Crippen LogP contribution in [0, 0.1) is 0 Å². The van der Waals surface area contributed by atoms with Crippen molar-refractivity contribution in [1.29, 1.82) is 0 Å². The Bertz CT molecular complexity index is 453. The van der Waals surface area contributed by atoms with Gasteiger partial charge in [-0.25, -0.2) is 0 Å². The summed E-state index contributed by atoms with van der Waals surface area (Å²) in [4.78, 5) is 10.4. The van der Waals surface area contributed by atoms with Crippen molar-refractivity contribution in [2.45, 2.75) is 13.1 Å². The number of hydrogen-bond acceptors (Lipinski definition) is 4. The van der Waals surface area contributed by atoms with E-state index < -0.39 is 0 Å². The lowest BCUT2D eigenvalue weighted by Crippen LogP contribution is -2.16. The van der Waals surface area contributed by atoms with Crippen molar-refractivity contribution in [3.05, 3.63) is 54.1 Å². The van der Waals surface area contributed by atoms with Crippen molar-refractivity contribution in [2.24, 2.45) is 5.73 Å². The maximum atomic E-state index is 5.52. The van der Waals surface area contributed by atoms with E-state index in [1.165, 1.54) is 5.56 Å². The minimum atomic E-state index is 0.481. The number of hydrogen-bond donors (Lipinski definition) is 1. The largest absolute Gasteiger partial charge is 0.369 e. The number of pyridine rings is 2. The monoisotopic (exact) mass is 228 g/mol. The third-order valence-electron chi connectivity index (χ3n) is 2.63. The molecule has 2 N–H and O–H groups in total. The van der Waals surface area contributed by atoms with E-state index in [4.69, 9.17) is 5.73 Å². The lowest BCUT2D eigenvalue weighted by Gasteiger charge is -2.19. The van der Waals surface area contributed by atoms with Gasteiger partial charge in [0.25, 0.3) is 0 Å². The fraction of sp³-hybridized carbons (Fsp3) is 0.231. The topological polar surface area (TPSA) is 55.0 Å². The second-order valence-electron chi connectivity index (χ2n) is 3.92. The molecule has 0 aromatic carbocycles. The standard InChI is InChI=1S/C13H16N4/c1-17(10-11-4-6-15-7-5-11)13-3-2-12(8-14)16-9-13/h2-7,9H,8,10,14H2,1H3. The third kappa shape index (κ3) is 3.01. The lowest BCUT2D eigenvalue weighted by molar-refractivity contribution is 0.905. The van der Waals surface area contributed by atoms with E-state index in [1.54, 1.807) is 12.4 Å². The molecule has 0 atom stereocenters. The zero-order chi connectivity index (χ0) is 12.1. The quantitative estimate of drug-likeness (QED) is 0.863. The number of nitrogens with two attached hydrogens (primary N) is 1. The molecule has 88 valence electrons. The van der Waals surface area contributed by atoms with Crippen molar-refractivity contribution in [3.8, 4) is 0 Å². The maximum Gasteiger partial charge on any atom is 0.0553 e. The Morgan fingerprint density at radius 3 is 2.53 bits per heavy atom.